The number of hydrogen-bond acceptors (Lipinski definition) is 9. The average molecular weight is 765 g/mol. The molecule has 274 valence electrons. The quantitative estimate of drug-likeness (QED) is 0.126. The highest BCUT2D eigenvalue weighted by atomic mass is 35.5. The molecule has 11 rings (SSSR count). The zero-order valence-electron chi connectivity index (χ0n) is 29.6. The Morgan fingerprint density at radius 3 is 2.65 bits per heavy atom. The van der Waals surface area contributed by atoms with Crippen molar-refractivity contribution in [2.24, 2.45) is 17.6 Å². The molecule has 3 aromatic heterocycles. The molecule has 6 aromatic rings. The lowest BCUT2D eigenvalue weighted by atomic mass is 9.72. The Labute approximate surface area is 319 Å². The van der Waals surface area contributed by atoms with Crippen LogP contribution in [0.1, 0.15) is 62.1 Å². The van der Waals surface area contributed by atoms with Crippen LogP contribution >= 0.6 is 23.2 Å². The molecular weight excluding hydrogens is 729 g/mol. The van der Waals surface area contributed by atoms with Crippen molar-refractivity contribution >= 4 is 51.6 Å². The van der Waals surface area contributed by atoms with Crippen molar-refractivity contribution in [1.29, 1.82) is 0 Å². The van der Waals surface area contributed by atoms with Gasteiger partial charge in [0, 0.05) is 28.6 Å². The molecule has 8 heterocycles. The molecule has 5 aliphatic rings. The first-order valence-electron chi connectivity index (χ1n) is 18.0. The number of carbonyl (C=O) groups is 2. The van der Waals surface area contributed by atoms with Gasteiger partial charge in [-0.2, -0.15) is 4.98 Å². The molecular formula is C40H35Cl2N7O5. The molecule has 5 atom stereocenters. The number of fused-ring (bicyclic) bond motifs is 3. The predicted molar refractivity (Wildman–Crippen MR) is 203 cm³/mol. The van der Waals surface area contributed by atoms with E-state index < -0.39 is 41.6 Å². The topological polar surface area (TPSA) is 173 Å². The van der Waals surface area contributed by atoms with E-state index in [9.17, 15) is 9.59 Å². The molecule has 5 aliphatic heterocycles. The maximum Gasteiger partial charge on any atom is 0.250 e. The van der Waals surface area contributed by atoms with Gasteiger partial charge >= 0.3 is 0 Å². The number of anilines is 1. The van der Waals surface area contributed by atoms with E-state index in [2.05, 4.69) is 39.1 Å². The molecule has 12 nitrogen and oxygen atoms in total. The zero-order chi connectivity index (χ0) is 37.4. The summed E-state index contributed by atoms with van der Waals surface area (Å²) in [6.45, 7) is 7.65. The summed E-state index contributed by atoms with van der Waals surface area (Å²) in [6, 6.07) is 15.6. The smallest absolute Gasteiger partial charge is 0.250 e. The molecule has 14 heteroatoms. The van der Waals surface area contributed by atoms with Crippen LogP contribution in [0, 0.1) is 11.8 Å². The minimum absolute atomic E-state index is 0.0959. The monoisotopic (exact) mass is 763 g/mol. The van der Waals surface area contributed by atoms with Gasteiger partial charge in [-0.05, 0) is 52.3 Å². The highest BCUT2D eigenvalue weighted by Gasteiger charge is 2.61. The van der Waals surface area contributed by atoms with Gasteiger partial charge < -0.3 is 40.2 Å². The molecule has 1 spiro atoms. The molecule has 2 amide bonds. The first-order chi connectivity index (χ1) is 25.9. The van der Waals surface area contributed by atoms with Gasteiger partial charge in [-0.15, -0.1) is 0 Å². The van der Waals surface area contributed by atoms with E-state index in [0.717, 1.165) is 44.4 Å². The minimum Gasteiger partial charge on any atom is -0.469 e. The Hall–Kier alpha value is -5.30. The molecule has 0 saturated carbocycles. The van der Waals surface area contributed by atoms with Crippen LogP contribution in [0.25, 0.3) is 44.9 Å². The number of halogens is 2. The first-order valence-corrected chi connectivity index (χ1v) is 18.8. The molecule has 0 fully saturated rings. The fourth-order valence-electron chi connectivity index (χ4n) is 8.47. The largest absolute Gasteiger partial charge is 0.469 e. The van der Waals surface area contributed by atoms with Gasteiger partial charge in [0.05, 0.1) is 11.6 Å². The van der Waals surface area contributed by atoms with Gasteiger partial charge in [-0.1, -0.05) is 87.3 Å². The first kappa shape index (κ1) is 33.3. The lowest BCUT2D eigenvalue weighted by Gasteiger charge is -2.29. The van der Waals surface area contributed by atoms with Gasteiger partial charge in [0.2, 0.25) is 17.7 Å². The predicted octanol–water partition coefficient (Wildman–Crippen LogP) is 7.08. The summed E-state index contributed by atoms with van der Waals surface area (Å²) in [5.41, 5.74) is 12.0. The number of ether oxygens (including phenoxy) is 1. The fraction of sp³-hybridized carbons (Fsp3) is 0.300. The number of aromatic amines is 1. The lowest BCUT2D eigenvalue weighted by molar-refractivity contribution is -0.130. The maximum absolute atomic E-state index is 14.2. The highest BCUT2D eigenvalue weighted by Crippen LogP contribution is 2.60. The Morgan fingerprint density at radius 2 is 1.85 bits per heavy atom. The average Bonchev–Trinajstić information content (AvgIpc) is 3.94. The zero-order valence-corrected chi connectivity index (χ0v) is 31.1. The molecule has 54 heavy (non-hydrogen) atoms. The molecule has 6 N–H and O–H groups in total. The summed E-state index contributed by atoms with van der Waals surface area (Å²) in [4.78, 5) is 40.7. The molecule has 0 saturated heterocycles. The summed E-state index contributed by atoms with van der Waals surface area (Å²) in [7, 11) is 0. The number of nitrogens with two attached hydrogens (primary N) is 1. The van der Waals surface area contributed by atoms with Crippen LogP contribution < -0.4 is 26.4 Å². The van der Waals surface area contributed by atoms with Crippen LogP contribution in [0.2, 0.25) is 10.3 Å². The summed E-state index contributed by atoms with van der Waals surface area (Å²) in [5.74, 6) is 0.514. The number of amides is 2. The summed E-state index contributed by atoms with van der Waals surface area (Å²) >= 11 is 13.9. The van der Waals surface area contributed by atoms with Gasteiger partial charge in [-0.25, -0.2) is 4.98 Å². The number of rotatable bonds is 4. The van der Waals surface area contributed by atoms with Crippen LogP contribution in [-0.2, 0) is 21.4 Å². The SMILES string of the molecule is CC(C)[C@H](N)C(=O)N[C@H]1Cc2ccc3c(c2)[C@]24c5ccc(cc5N[C@@H]2O3)-c2cccc3[nH]c(Cl)c(c23)-c2oc(nc2Cl)-c2nc(oc24)[C@H](C(C)C)NC1=O. The molecule has 0 aliphatic carbocycles. The third-order valence-electron chi connectivity index (χ3n) is 11.3. The molecule has 10 bridgehead atoms. The van der Waals surface area contributed by atoms with Gasteiger partial charge in [-0.3, -0.25) is 9.59 Å². The van der Waals surface area contributed by atoms with E-state index in [1.54, 1.807) is 0 Å². The number of aromatic nitrogens is 3. The van der Waals surface area contributed by atoms with Crippen molar-refractivity contribution in [1.82, 2.24) is 25.6 Å². The van der Waals surface area contributed by atoms with Crippen LogP contribution in [0.4, 0.5) is 5.69 Å². The summed E-state index contributed by atoms with van der Waals surface area (Å²) in [5, 5.41) is 11.0. The van der Waals surface area contributed by atoms with Crippen LogP contribution in [-0.4, -0.2) is 45.1 Å². The second kappa shape index (κ2) is 11.6. The van der Waals surface area contributed by atoms with Gasteiger partial charge in [0.25, 0.3) is 5.89 Å². The maximum atomic E-state index is 14.2. The minimum atomic E-state index is -1.10. The van der Waals surface area contributed by atoms with Gasteiger partial charge in [0.1, 0.15) is 28.4 Å². The Balaban J connectivity index is 1.28. The van der Waals surface area contributed by atoms with E-state index >= 15 is 0 Å². The number of carbonyl (C=O) groups excluding carboxylic acids is 2. The number of oxazole rings is 2. The standard InChI is InChI=1S/C40H35Cl2N7O5/c1-15(2)28(43)36(51)45-24-13-17-8-11-25-21(12-17)40-20-10-9-18(14-23(20)46-39(40)52-25)19-6-5-7-22-26(19)27(33(41)44-22)31-34(42)49-38(53-31)30-32(40)54-37(48-30)29(16(3)4)47-35(24)50/h5-12,14-16,24,28-29,39,44,46H,13,43H2,1-4H3,(H,45,51)(H,47,50)/t24-,28-,29-,39+,40-/m0/s1. The van der Waals surface area contributed by atoms with Crippen LogP contribution in [0.15, 0.2) is 63.4 Å². The number of nitrogens with zero attached hydrogens (tertiary/aromatic N) is 2. The van der Waals surface area contributed by atoms with E-state index in [1.165, 1.54) is 0 Å². The third-order valence-corrected chi connectivity index (χ3v) is 11.8. The third kappa shape index (κ3) is 4.53. The summed E-state index contributed by atoms with van der Waals surface area (Å²) in [6.07, 6.45) is -0.468. The molecule has 3 aromatic carbocycles. The van der Waals surface area contributed by atoms with Crippen molar-refractivity contribution in [3.05, 3.63) is 93.2 Å². The second-order valence-corrected chi connectivity index (χ2v) is 16.0. The normalized spacial score (nSPS) is 22.2. The van der Waals surface area contributed by atoms with E-state index in [4.69, 9.17) is 52.5 Å². The summed E-state index contributed by atoms with van der Waals surface area (Å²) < 4.78 is 20.3. The van der Waals surface area contributed by atoms with E-state index in [-0.39, 0.29) is 41.0 Å². The lowest BCUT2D eigenvalue weighted by Crippen LogP contribution is -2.54. The molecule has 0 radical (unpaired) electrons. The van der Waals surface area contributed by atoms with Crippen molar-refractivity contribution in [2.45, 2.75) is 63.9 Å². The Bertz CT molecular complexity index is 2590. The number of H-pyrrole nitrogens is 1. The van der Waals surface area contributed by atoms with E-state index in [1.807, 2.05) is 64.1 Å². The highest BCUT2D eigenvalue weighted by molar-refractivity contribution is 6.37. The number of nitrogens with one attached hydrogen (secondary N) is 4. The van der Waals surface area contributed by atoms with E-state index in [0.29, 0.717) is 27.9 Å². The number of benzene rings is 3. The van der Waals surface area contributed by atoms with Crippen LogP contribution in [0.5, 0.6) is 5.75 Å². The second-order valence-electron chi connectivity index (χ2n) is 15.2. The fourth-order valence-corrected chi connectivity index (χ4v) is 8.96. The molecule has 0 unspecified atom stereocenters. The Morgan fingerprint density at radius 1 is 1.02 bits per heavy atom. The van der Waals surface area contributed by atoms with Gasteiger partial charge in [0.15, 0.2) is 28.6 Å². The Kier molecular flexibility index (Phi) is 7.15. The van der Waals surface area contributed by atoms with Crippen molar-refractivity contribution < 1.29 is 23.2 Å². The van der Waals surface area contributed by atoms with Crippen molar-refractivity contribution in [3.8, 4) is 39.8 Å². The van der Waals surface area contributed by atoms with Crippen LogP contribution in [0.3, 0.4) is 0 Å². The van der Waals surface area contributed by atoms with Crippen molar-refractivity contribution in [3.63, 3.8) is 0 Å². The number of hydrogen-bond donors (Lipinski definition) is 5. The van der Waals surface area contributed by atoms with Crippen molar-refractivity contribution in [2.75, 3.05) is 5.32 Å².